The van der Waals surface area contributed by atoms with Crippen LogP contribution in [0.2, 0.25) is 0 Å². The van der Waals surface area contributed by atoms with Gasteiger partial charge in [-0.25, -0.2) is 4.79 Å². The number of hydrogen-bond donors (Lipinski definition) is 1. The van der Waals surface area contributed by atoms with Crippen LogP contribution in [0.4, 0.5) is 5.69 Å². The number of aromatic nitrogens is 5. The average Bonchev–Trinajstić information content (AvgIpc) is 3.31. The highest BCUT2D eigenvalue weighted by Crippen LogP contribution is 2.17. The molecule has 4 aromatic rings. The molecule has 1 N–H and O–H groups in total. The molecular formula is C22H20N6O5. The zero-order chi connectivity index (χ0) is 23.4. The lowest BCUT2D eigenvalue weighted by atomic mass is 10.2. The molecule has 0 bridgehead atoms. The summed E-state index contributed by atoms with van der Waals surface area (Å²) in [6.45, 7) is 0. The predicted molar refractivity (Wildman–Crippen MR) is 118 cm³/mol. The van der Waals surface area contributed by atoms with Gasteiger partial charge >= 0.3 is 5.69 Å². The molecule has 0 aliphatic rings. The number of nitrogens with zero attached hydrogens (tertiary/aromatic N) is 5. The van der Waals surface area contributed by atoms with E-state index in [9.17, 15) is 14.4 Å². The highest BCUT2D eigenvalue weighted by molar-refractivity contribution is 5.90. The molecule has 1 amide bonds. The number of rotatable bonds is 7. The third kappa shape index (κ3) is 4.71. The van der Waals surface area contributed by atoms with E-state index >= 15 is 0 Å². The molecule has 0 aliphatic heterocycles. The molecule has 0 saturated carbocycles. The Labute approximate surface area is 187 Å². The average molecular weight is 448 g/mol. The van der Waals surface area contributed by atoms with Crippen LogP contribution < -0.4 is 21.3 Å². The summed E-state index contributed by atoms with van der Waals surface area (Å²) in [5, 5.41) is 10.7. The molecule has 168 valence electrons. The summed E-state index contributed by atoms with van der Waals surface area (Å²) < 4.78 is 12.3. The summed E-state index contributed by atoms with van der Waals surface area (Å²) in [7, 11) is 2.89. The fourth-order valence-corrected chi connectivity index (χ4v) is 3.05. The molecule has 0 aliphatic carbocycles. The zero-order valence-electron chi connectivity index (χ0n) is 17.9. The molecule has 11 nitrogen and oxygen atoms in total. The van der Waals surface area contributed by atoms with Crippen molar-refractivity contribution >= 4 is 11.6 Å². The van der Waals surface area contributed by atoms with Crippen molar-refractivity contribution in [3.05, 3.63) is 81.3 Å². The van der Waals surface area contributed by atoms with Gasteiger partial charge in [0.25, 0.3) is 5.56 Å². The van der Waals surface area contributed by atoms with E-state index in [0.717, 1.165) is 9.25 Å². The van der Waals surface area contributed by atoms with Gasteiger partial charge in [0.2, 0.25) is 17.6 Å². The van der Waals surface area contributed by atoms with Crippen LogP contribution in [0.15, 0.2) is 68.7 Å². The van der Waals surface area contributed by atoms with Crippen molar-refractivity contribution in [2.45, 2.75) is 12.8 Å². The molecular weight excluding hydrogens is 428 g/mol. The van der Waals surface area contributed by atoms with E-state index in [1.54, 1.807) is 61.7 Å². The maximum Gasteiger partial charge on any atom is 0.351 e. The summed E-state index contributed by atoms with van der Waals surface area (Å²) in [5.41, 5.74) is -0.321. The van der Waals surface area contributed by atoms with Crippen molar-refractivity contribution < 1.29 is 14.1 Å². The van der Waals surface area contributed by atoms with Crippen molar-refractivity contribution in [1.29, 1.82) is 0 Å². The Morgan fingerprint density at radius 2 is 1.91 bits per heavy atom. The summed E-state index contributed by atoms with van der Waals surface area (Å²) in [4.78, 5) is 41.5. The molecule has 0 radical (unpaired) electrons. The molecule has 0 fully saturated rings. The fourth-order valence-electron chi connectivity index (χ4n) is 3.05. The number of amides is 1. The van der Waals surface area contributed by atoms with Gasteiger partial charge in [-0.15, -0.1) is 0 Å². The summed E-state index contributed by atoms with van der Waals surface area (Å²) in [6.07, 6.45) is 0.231. The molecule has 2 heterocycles. The molecule has 0 atom stereocenters. The van der Waals surface area contributed by atoms with Crippen molar-refractivity contribution in [3.8, 4) is 23.0 Å². The Bertz CT molecular complexity index is 1410. The Balaban J connectivity index is 1.51. The van der Waals surface area contributed by atoms with Gasteiger partial charge in [0.1, 0.15) is 5.75 Å². The summed E-state index contributed by atoms with van der Waals surface area (Å²) in [6, 6.07) is 15.6. The topological polar surface area (TPSA) is 134 Å². The minimum atomic E-state index is -0.657. The van der Waals surface area contributed by atoms with Crippen LogP contribution in [0.1, 0.15) is 12.3 Å². The number of benzene rings is 2. The number of methoxy groups -OCH3 is 1. The zero-order valence-corrected chi connectivity index (χ0v) is 17.9. The lowest BCUT2D eigenvalue weighted by molar-refractivity contribution is -0.116. The first-order valence-corrected chi connectivity index (χ1v) is 9.99. The van der Waals surface area contributed by atoms with Gasteiger partial charge in [-0.3, -0.25) is 14.2 Å². The molecule has 0 spiro atoms. The van der Waals surface area contributed by atoms with Crippen LogP contribution in [0.5, 0.6) is 5.75 Å². The minimum Gasteiger partial charge on any atom is -0.497 e. The van der Waals surface area contributed by atoms with Crippen LogP contribution in [0.3, 0.4) is 0 Å². The van der Waals surface area contributed by atoms with Crippen molar-refractivity contribution in [1.82, 2.24) is 24.5 Å². The van der Waals surface area contributed by atoms with Crippen LogP contribution in [-0.4, -0.2) is 37.5 Å². The van der Waals surface area contributed by atoms with Gasteiger partial charge in [0.15, 0.2) is 5.69 Å². The fraction of sp³-hybridized carbons (Fsp3) is 0.182. The first-order valence-electron chi connectivity index (χ1n) is 9.99. The SMILES string of the molecule is COc1cccc(NC(=O)CCc2nc(-c3nn(-c4ccccc4)c(=O)n(C)c3=O)no2)c1. The first-order chi connectivity index (χ1) is 16.0. The number of ether oxygens (including phenoxy) is 1. The maximum atomic E-state index is 12.6. The third-order valence-electron chi connectivity index (χ3n) is 4.78. The van der Waals surface area contributed by atoms with Gasteiger partial charge < -0.3 is 14.6 Å². The predicted octanol–water partition coefficient (Wildman–Crippen LogP) is 1.56. The number of aryl methyl sites for hydroxylation is 1. The summed E-state index contributed by atoms with van der Waals surface area (Å²) >= 11 is 0. The second-order valence-electron chi connectivity index (χ2n) is 7.03. The van der Waals surface area contributed by atoms with Crippen molar-refractivity contribution in [2.24, 2.45) is 7.05 Å². The van der Waals surface area contributed by atoms with E-state index < -0.39 is 11.2 Å². The molecule has 4 rings (SSSR count). The van der Waals surface area contributed by atoms with Crippen molar-refractivity contribution in [2.75, 3.05) is 12.4 Å². The van der Waals surface area contributed by atoms with E-state index in [-0.39, 0.29) is 36.2 Å². The maximum absolute atomic E-state index is 12.6. The normalized spacial score (nSPS) is 10.7. The largest absolute Gasteiger partial charge is 0.497 e. The Kier molecular flexibility index (Phi) is 6.11. The summed E-state index contributed by atoms with van der Waals surface area (Å²) in [5.74, 6) is 0.463. The number of hydrogen-bond acceptors (Lipinski definition) is 8. The van der Waals surface area contributed by atoms with Crippen molar-refractivity contribution in [3.63, 3.8) is 0 Å². The van der Waals surface area contributed by atoms with Crippen LogP contribution in [0, 0.1) is 0 Å². The highest BCUT2D eigenvalue weighted by atomic mass is 16.5. The molecule has 2 aromatic carbocycles. The first kappa shape index (κ1) is 21.7. The van der Waals surface area contributed by atoms with Gasteiger partial charge in [-0.1, -0.05) is 29.4 Å². The lowest BCUT2D eigenvalue weighted by Crippen LogP contribution is -2.40. The standard InChI is InChI=1S/C22H20N6O5/c1-27-21(30)19(25-28(22(27)31)15-8-4-3-5-9-15)20-24-18(33-26-20)12-11-17(29)23-14-7-6-10-16(13-14)32-2/h3-10,13H,11-12H2,1-2H3,(H,23,29). The molecule has 11 heteroatoms. The third-order valence-corrected chi connectivity index (χ3v) is 4.78. The van der Waals surface area contributed by atoms with E-state index in [1.165, 1.54) is 7.05 Å². The van der Waals surface area contributed by atoms with E-state index in [0.29, 0.717) is 17.1 Å². The second-order valence-corrected chi connectivity index (χ2v) is 7.03. The van der Waals surface area contributed by atoms with Crippen LogP contribution in [0.25, 0.3) is 17.2 Å². The lowest BCUT2D eigenvalue weighted by Gasteiger charge is -2.07. The number of anilines is 1. The molecule has 2 aromatic heterocycles. The molecule has 33 heavy (non-hydrogen) atoms. The number of carbonyl (C=O) groups excluding carboxylic acids is 1. The van der Waals surface area contributed by atoms with E-state index in [4.69, 9.17) is 9.26 Å². The Hall–Kier alpha value is -4.54. The van der Waals surface area contributed by atoms with Gasteiger partial charge in [-0.2, -0.15) is 14.8 Å². The van der Waals surface area contributed by atoms with Crippen LogP contribution in [-0.2, 0) is 18.3 Å². The Morgan fingerprint density at radius 1 is 1.12 bits per heavy atom. The molecule has 0 saturated heterocycles. The van der Waals surface area contributed by atoms with Gasteiger partial charge in [0.05, 0.1) is 12.8 Å². The Morgan fingerprint density at radius 3 is 2.67 bits per heavy atom. The van der Waals surface area contributed by atoms with Gasteiger partial charge in [-0.05, 0) is 24.3 Å². The molecule has 0 unspecified atom stereocenters. The van der Waals surface area contributed by atoms with Gasteiger partial charge in [0, 0.05) is 31.6 Å². The number of nitrogens with one attached hydrogen (secondary N) is 1. The van der Waals surface area contributed by atoms with E-state index in [1.807, 2.05) is 0 Å². The van der Waals surface area contributed by atoms with E-state index in [2.05, 4.69) is 20.6 Å². The smallest absolute Gasteiger partial charge is 0.351 e. The number of carbonyl (C=O) groups is 1. The minimum absolute atomic E-state index is 0.0662. The van der Waals surface area contributed by atoms with Crippen LogP contribution >= 0.6 is 0 Å². The highest BCUT2D eigenvalue weighted by Gasteiger charge is 2.19. The monoisotopic (exact) mass is 448 g/mol. The second kappa shape index (κ2) is 9.30. The quantitative estimate of drug-likeness (QED) is 0.450. The number of para-hydroxylation sites is 1.